The van der Waals surface area contributed by atoms with Gasteiger partial charge in [-0.15, -0.1) is 10.2 Å². The van der Waals surface area contributed by atoms with Crippen LogP contribution in [0.1, 0.15) is 57.3 Å². The summed E-state index contributed by atoms with van der Waals surface area (Å²) in [4.78, 5) is 18.5. The summed E-state index contributed by atoms with van der Waals surface area (Å²) in [5.41, 5.74) is 1.11. The first-order chi connectivity index (χ1) is 15.9. The van der Waals surface area contributed by atoms with Gasteiger partial charge in [0.1, 0.15) is 11.6 Å². The Morgan fingerprint density at radius 2 is 2.09 bits per heavy atom. The highest BCUT2D eigenvalue weighted by molar-refractivity contribution is 5.77. The lowest BCUT2D eigenvalue weighted by Gasteiger charge is -2.42. The molecule has 0 saturated carbocycles. The number of anilines is 1. The molecule has 2 fully saturated rings. The highest BCUT2D eigenvalue weighted by Gasteiger charge is 2.36. The minimum Gasteiger partial charge on any atom is -0.484 e. The Bertz CT molecular complexity index is 958. The molecule has 2 aromatic rings. The molecule has 1 aromatic heterocycles. The van der Waals surface area contributed by atoms with Crippen LogP contribution >= 0.6 is 0 Å². The average molecular weight is 455 g/mol. The third-order valence-electron chi connectivity index (χ3n) is 7.11. The van der Waals surface area contributed by atoms with Crippen molar-refractivity contribution in [1.29, 1.82) is 0 Å². The number of rotatable bonds is 8. The van der Waals surface area contributed by atoms with Gasteiger partial charge in [0.15, 0.2) is 6.61 Å². The van der Waals surface area contributed by atoms with Crippen LogP contribution in [0.5, 0.6) is 5.75 Å². The molecule has 2 saturated heterocycles. The predicted octanol–water partition coefficient (Wildman–Crippen LogP) is 2.98. The van der Waals surface area contributed by atoms with Crippen LogP contribution in [0.15, 0.2) is 24.3 Å². The molecular weight excluding hydrogens is 416 g/mol. The molecule has 0 bridgehead atoms. The second-order valence-corrected chi connectivity index (χ2v) is 9.77. The first-order valence-electron chi connectivity index (χ1n) is 12.2. The van der Waals surface area contributed by atoms with E-state index in [1.165, 1.54) is 24.3 Å². The Morgan fingerprint density at radius 3 is 2.85 bits per heavy atom. The van der Waals surface area contributed by atoms with E-state index >= 15 is 0 Å². The number of ether oxygens (including phenoxy) is 1. The Balaban J connectivity index is 1.58. The van der Waals surface area contributed by atoms with Gasteiger partial charge in [0.25, 0.3) is 5.91 Å². The summed E-state index contributed by atoms with van der Waals surface area (Å²) in [7, 11) is 3.47. The van der Waals surface area contributed by atoms with Gasteiger partial charge in [-0.05, 0) is 50.4 Å². The smallest absolute Gasteiger partial charge is 0.259 e. The van der Waals surface area contributed by atoms with E-state index in [1.807, 2.05) is 18.2 Å². The number of carbonyl (C=O) groups excluding carboxylic acids is 1. The van der Waals surface area contributed by atoms with Crippen LogP contribution in [-0.2, 0) is 11.3 Å². The van der Waals surface area contributed by atoms with E-state index < -0.39 is 0 Å². The minimum atomic E-state index is -0.0550. The molecule has 1 aromatic carbocycles. The maximum Gasteiger partial charge on any atom is 0.259 e. The van der Waals surface area contributed by atoms with Crippen molar-refractivity contribution in [3.63, 3.8) is 0 Å². The van der Waals surface area contributed by atoms with Gasteiger partial charge in [0, 0.05) is 45.2 Å². The zero-order valence-electron chi connectivity index (χ0n) is 20.7. The molecule has 2 aliphatic rings. The predicted molar refractivity (Wildman–Crippen MR) is 130 cm³/mol. The van der Waals surface area contributed by atoms with Crippen molar-refractivity contribution in [2.45, 2.75) is 64.6 Å². The third-order valence-corrected chi connectivity index (χ3v) is 7.11. The lowest BCUT2D eigenvalue weighted by Crippen LogP contribution is -2.55. The summed E-state index contributed by atoms with van der Waals surface area (Å²) in [5.74, 6) is 2.98. The molecule has 1 amide bonds. The number of hydrogen-bond acceptors (Lipinski definition) is 6. The van der Waals surface area contributed by atoms with Crippen molar-refractivity contribution < 1.29 is 9.53 Å². The molecule has 0 N–H and O–H groups in total. The van der Waals surface area contributed by atoms with Gasteiger partial charge in [-0.2, -0.15) is 0 Å². The van der Waals surface area contributed by atoms with E-state index in [2.05, 4.69) is 46.3 Å². The fraction of sp³-hybridized carbons (Fsp3) is 0.640. The maximum absolute atomic E-state index is 11.9. The summed E-state index contributed by atoms with van der Waals surface area (Å²) in [6, 6.07) is 9.02. The Morgan fingerprint density at radius 1 is 1.27 bits per heavy atom. The third kappa shape index (κ3) is 5.16. The lowest BCUT2D eigenvalue weighted by atomic mass is 10.1. The van der Waals surface area contributed by atoms with E-state index in [9.17, 15) is 4.79 Å². The van der Waals surface area contributed by atoms with Crippen molar-refractivity contribution >= 4 is 11.9 Å². The topological polar surface area (TPSA) is 66.7 Å². The van der Waals surface area contributed by atoms with Crippen LogP contribution in [-0.4, -0.2) is 82.9 Å². The molecule has 4 rings (SSSR count). The van der Waals surface area contributed by atoms with E-state index in [0.717, 1.165) is 36.8 Å². The lowest BCUT2D eigenvalue weighted by molar-refractivity contribution is -0.130. The molecule has 2 aliphatic heterocycles. The van der Waals surface area contributed by atoms with Crippen molar-refractivity contribution in [3.05, 3.63) is 35.7 Å². The Hall–Kier alpha value is -2.61. The maximum atomic E-state index is 11.9. The molecule has 3 atom stereocenters. The monoisotopic (exact) mass is 454 g/mol. The zero-order valence-corrected chi connectivity index (χ0v) is 20.7. The molecule has 8 heteroatoms. The Labute approximate surface area is 197 Å². The Kier molecular flexibility index (Phi) is 7.22. The van der Waals surface area contributed by atoms with Crippen LogP contribution in [0.4, 0.5) is 5.95 Å². The van der Waals surface area contributed by atoms with E-state index in [0.29, 0.717) is 30.3 Å². The van der Waals surface area contributed by atoms with Gasteiger partial charge in [0.05, 0.1) is 6.54 Å². The van der Waals surface area contributed by atoms with Gasteiger partial charge in [-0.1, -0.05) is 26.0 Å². The summed E-state index contributed by atoms with van der Waals surface area (Å²) < 4.78 is 8.04. The highest BCUT2D eigenvalue weighted by Crippen LogP contribution is 2.30. The fourth-order valence-corrected chi connectivity index (χ4v) is 4.87. The highest BCUT2D eigenvalue weighted by atomic mass is 16.5. The number of amides is 1. The first-order valence-corrected chi connectivity index (χ1v) is 12.2. The minimum absolute atomic E-state index is 0.0373. The molecule has 0 radical (unpaired) electrons. The van der Waals surface area contributed by atoms with Gasteiger partial charge < -0.3 is 14.5 Å². The van der Waals surface area contributed by atoms with Gasteiger partial charge in [-0.3, -0.25) is 14.3 Å². The molecule has 33 heavy (non-hydrogen) atoms. The number of piperazine rings is 1. The van der Waals surface area contributed by atoms with Crippen molar-refractivity contribution in [1.82, 2.24) is 24.6 Å². The average Bonchev–Trinajstić information content (AvgIpc) is 3.43. The van der Waals surface area contributed by atoms with Crippen molar-refractivity contribution in [3.8, 4) is 5.75 Å². The first kappa shape index (κ1) is 23.5. The quantitative estimate of drug-likeness (QED) is 0.611. The second kappa shape index (κ2) is 10.1. The van der Waals surface area contributed by atoms with Crippen LogP contribution in [0.25, 0.3) is 0 Å². The summed E-state index contributed by atoms with van der Waals surface area (Å²) >= 11 is 0. The number of carbonyl (C=O) groups is 1. The second-order valence-electron chi connectivity index (χ2n) is 9.77. The largest absolute Gasteiger partial charge is 0.484 e. The van der Waals surface area contributed by atoms with Crippen LogP contribution < -0.4 is 9.64 Å². The number of aromatic nitrogens is 3. The molecular formula is C25H38N6O2. The molecule has 3 unspecified atom stereocenters. The summed E-state index contributed by atoms with van der Waals surface area (Å²) in [5, 5.41) is 9.37. The van der Waals surface area contributed by atoms with Gasteiger partial charge >= 0.3 is 0 Å². The number of hydrogen-bond donors (Lipinski definition) is 0. The summed E-state index contributed by atoms with van der Waals surface area (Å²) in [6.45, 7) is 10.7. The van der Waals surface area contributed by atoms with Gasteiger partial charge in [0.2, 0.25) is 5.95 Å². The van der Waals surface area contributed by atoms with Crippen LogP contribution in [0, 0.1) is 0 Å². The molecule has 8 nitrogen and oxygen atoms in total. The van der Waals surface area contributed by atoms with E-state index in [4.69, 9.17) is 9.84 Å². The SMILES string of the molecule is CCC(C)c1nnc(N2CC3CCCN3CC2C)n1Cc1cccc(OCC(=O)N(C)C)c1. The number of likely N-dealkylation sites (N-methyl/N-ethyl adjacent to an activating group) is 1. The van der Waals surface area contributed by atoms with Crippen molar-refractivity contribution in [2.75, 3.05) is 45.2 Å². The van der Waals surface area contributed by atoms with E-state index in [-0.39, 0.29) is 12.5 Å². The molecule has 180 valence electrons. The summed E-state index contributed by atoms with van der Waals surface area (Å²) in [6.07, 6.45) is 3.57. The normalized spacial score (nSPS) is 21.7. The van der Waals surface area contributed by atoms with Crippen LogP contribution in [0.3, 0.4) is 0 Å². The standard InChI is InChI=1S/C25H38N6O2/c1-6-18(2)24-26-27-25(30-16-21-10-8-12-29(21)14-19(30)3)31(24)15-20-9-7-11-22(13-20)33-17-23(32)28(4)5/h7,9,11,13,18-19,21H,6,8,10,12,14-17H2,1-5H3. The van der Waals surface area contributed by atoms with Crippen molar-refractivity contribution in [2.24, 2.45) is 0 Å². The van der Waals surface area contributed by atoms with Crippen LogP contribution in [0.2, 0.25) is 0 Å². The van der Waals surface area contributed by atoms with E-state index in [1.54, 1.807) is 14.1 Å². The zero-order chi connectivity index (χ0) is 23.5. The molecule has 0 spiro atoms. The number of nitrogens with zero attached hydrogens (tertiary/aromatic N) is 6. The van der Waals surface area contributed by atoms with Gasteiger partial charge in [-0.25, -0.2) is 0 Å². The molecule has 3 heterocycles. The number of fused-ring (bicyclic) bond motifs is 1. The number of benzene rings is 1. The molecule has 0 aliphatic carbocycles. The fourth-order valence-electron chi connectivity index (χ4n) is 4.87.